The number of hydrogen-bond acceptors (Lipinski definition) is 5. The van der Waals surface area contributed by atoms with Gasteiger partial charge >= 0.3 is 0 Å². The standard InChI is InChI=1S/C27H31N3O5/c1-17(31)28-20-7-10-24-22(13-20)27(33)29(2)23-9-8-21(35-25(23)16-34-24)14-26(32)30-12-11-18-5-3-4-6-19(18)15-30/h3-7,10,13,21,23,25H,8-9,11-12,14-16H2,1-2H3,(H,28,31)/t21-,23-,25+/m0/s1. The summed E-state index contributed by atoms with van der Waals surface area (Å²) in [5, 5.41) is 2.71. The lowest BCUT2D eigenvalue weighted by Gasteiger charge is -2.42. The number of ether oxygens (including phenoxy) is 2. The van der Waals surface area contributed by atoms with E-state index in [0.29, 0.717) is 36.4 Å². The monoisotopic (exact) mass is 477 g/mol. The van der Waals surface area contributed by atoms with Crippen LogP contribution in [0.4, 0.5) is 5.69 Å². The molecule has 3 aliphatic heterocycles. The van der Waals surface area contributed by atoms with Gasteiger partial charge in [-0.3, -0.25) is 14.4 Å². The Morgan fingerprint density at radius 2 is 1.91 bits per heavy atom. The third kappa shape index (κ3) is 4.89. The Morgan fingerprint density at radius 1 is 1.11 bits per heavy atom. The van der Waals surface area contributed by atoms with Crippen LogP contribution in [-0.2, 0) is 27.3 Å². The topological polar surface area (TPSA) is 88.2 Å². The fourth-order valence-corrected chi connectivity index (χ4v) is 5.34. The number of carbonyl (C=O) groups excluding carboxylic acids is 3. The first-order valence-electron chi connectivity index (χ1n) is 12.2. The zero-order valence-electron chi connectivity index (χ0n) is 20.2. The molecule has 0 unspecified atom stereocenters. The highest BCUT2D eigenvalue weighted by Crippen LogP contribution is 2.33. The van der Waals surface area contributed by atoms with Crippen molar-refractivity contribution in [3.8, 4) is 5.75 Å². The molecule has 1 saturated heterocycles. The summed E-state index contributed by atoms with van der Waals surface area (Å²) in [5.74, 6) is 0.192. The molecule has 0 saturated carbocycles. The third-order valence-corrected chi connectivity index (χ3v) is 7.22. The lowest BCUT2D eigenvalue weighted by atomic mass is 9.94. The molecule has 1 N–H and O–H groups in total. The second-order valence-corrected chi connectivity index (χ2v) is 9.60. The van der Waals surface area contributed by atoms with E-state index in [1.54, 1.807) is 30.1 Å². The van der Waals surface area contributed by atoms with Gasteiger partial charge in [0.25, 0.3) is 5.91 Å². The first-order chi connectivity index (χ1) is 16.9. The summed E-state index contributed by atoms with van der Waals surface area (Å²) in [6.45, 7) is 3.09. The quantitative estimate of drug-likeness (QED) is 0.734. The molecule has 3 heterocycles. The first kappa shape index (κ1) is 23.4. The van der Waals surface area contributed by atoms with E-state index in [1.165, 1.54) is 18.1 Å². The number of nitrogens with one attached hydrogen (secondary N) is 1. The molecular formula is C27H31N3O5. The van der Waals surface area contributed by atoms with Gasteiger partial charge in [0.15, 0.2) is 0 Å². The van der Waals surface area contributed by atoms with Crippen molar-refractivity contribution in [3.05, 3.63) is 59.2 Å². The van der Waals surface area contributed by atoms with Crippen molar-refractivity contribution in [3.63, 3.8) is 0 Å². The first-order valence-corrected chi connectivity index (χ1v) is 12.2. The Bertz CT molecular complexity index is 1150. The molecule has 0 aromatic heterocycles. The van der Waals surface area contributed by atoms with Crippen LogP contribution >= 0.6 is 0 Å². The highest BCUT2D eigenvalue weighted by molar-refractivity contribution is 5.99. The number of carbonyl (C=O) groups is 3. The molecule has 3 atom stereocenters. The highest BCUT2D eigenvalue weighted by Gasteiger charge is 2.39. The van der Waals surface area contributed by atoms with Crippen LogP contribution in [0, 0.1) is 0 Å². The smallest absolute Gasteiger partial charge is 0.257 e. The maximum atomic E-state index is 13.3. The summed E-state index contributed by atoms with van der Waals surface area (Å²) < 4.78 is 12.3. The molecule has 2 aromatic carbocycles. The molecule has 0 bridgehead atoms. The van der Waals surface area contributed by atoms with E-state index < -0.39 is 0 Å². The van der Waals surface area contributed by atoms with Crippen LogP contribution in [0.25, 0.3) is 0 Å². The Hall–Kier alpha value is -3.39. The van der Waals surface area contributed by atoms with Crippen molar-refractivity contribution in [2.45, 2.75) is 57.4 Å². The SMILES string of the molecule is CC(=O)Nc1ccc2c(c1)C(=O)N(C)[C@H]1CC[C@@H](CC(=O)N3CCc4ccccc4C3)O[C@@H]1CO2. The second kappa shape index (κ2) is 9.70. The van der Waals surface area contributed by atoms with Crippen molar-refractivity contribution in [2.24, 2.45) is 0 Å². The molecule has 0 aliphatic carbocycles. The van der Waals surface area contributed by atoms with Crippen LogP contribution in [0.15, 0.2) is 42.5 Å². The predicted octanol–water partition coefficient (Wildman–Crippen LogP) is 3.00. The van der Waals surface area contributed by atoms with Gasteiger partial charge < -0.3 is 24.6 Å². The summed E-state index contributed by atoms with van der Waals surface area (Å²) in [7, 11) is 1.78. The van der Waals surface area contributed by atoms with Crippen LogP contribution in [0.2, 0.25) is 0 Å². The van der Waals surface area contributed by atoms with Crippen molar-refractivity contribution < 1.29 is 23.9 Å². The Labute approximate surface area is 205 Å². The minimum atomic E-state index is -0.319. The summed E-state index contributed by atoms with van der Waals surface area (Å²) in [6, 6.07) is 13.2. The van der Waals surface area contributed by atoms with Crippen molar-refractivity contribution in [1.82, 2.24) is 9.80 Å². The molecule has 184 valence electrons. The van der Waals surface area contributed by atoms with E-state index >= 15 is 0 Å². The van der Waals surface area contributed by atoms with Gasteiger partial charge in [0, 0.05) is 32.7 Å². The van der Waals surface area contributed by atoms with Gasteiger partial charge in [-0.2, -0.15) is 0 Å². The molecule has 0 radical (unpaired) electrons. The van der Waals surface area contributed by atoms with Gasteiger partial charge in [-0.1, -0.05) is 24.3 Å². The second-order valence-electron chi connectivity index (χ2n) is 9.60. The Balaban J connectivity index is 1.25. The Kier molecular flexibility index (Phi) is 6.47. The molecule has 8 heteroatoms. The van der Waals surface area contributed by atoms with Crippen LogP contribution in [0.3, 0.4) is 0 Å². The van der Waals surface area contributed by atoms with Crippen LogP contribution < -0.4 is 10.1 Å². The number of nitrogens with zero attached hydrogens (tertiary/aromatic N) is 2. The number of anilines is 1. The number of fused-ring (bicyclic) bond motifs is 3. The van der Waals surface area contributed by atoms with E-state index in [9.17, 15) is 14.4 Å². The summed E-state index contributed by atoms with van der Waals surface area (Å²) in [5.41, 5.74) is 3.50. The zero-order valence-corrected chi connectivity index (χ0v) is 20.2. The average molecular weight is 478 g/mol. The maximum Gasteiger partial charge on any atom is 0.257 e. The fourth-order valence-electron chi connectivity index (χ4n) is 5.34. The average Bonchev–Trinajstić information content (AvgIpc) is 2.86. The van der Waals surface area contributed by atoms with E-state index in [1.807, 2.05) is 17.0 Å². The minimum Gasteiger partial charge on any atom is -0.490 e. The summed E-state index contributed by atoms with van der Waals surface area (Å²) in [6.07, 6.45) is 2.13. The molecular weight excluding hydrogens is 446 g/mol. The van der Waals surface area contributed by atoms with Gasteiger partial charge in [0.2, 0.25) is 11.8 Å². The van der Waals surface area contributed by atoms with Gasteiger partial charge in [-0.15, -0.1) is 0 Å². The molecule has 2 aromatic rings. The molecule has 3 amide bonds. The largest absolute Gasteiger partial charge is 0.490 e. The predicted molar refractivity (Wildman–Crippen MR) is 130 cm³/mol. The minimum absolute atomic E-state index is 0.106. The number of likely N-dealkylation sites (N-methyl/N-ethyl adjacent to an activating group) is 1. The molecule has 35 heavy (non-hydrogen) atoms. The summed E-state index contributed by atoms with van der Waals surface area (Å²) in [4.78, 5) is 41.4. The lowest BCUT2D eigenvalue weighted by Crippen LogP contribution is -2.54. The molecule has 5 rings (SSSR count). The number of hydrogen-bond donors (Lipinski definition) is 1. The zero-order chi connectivity index (χ0) is 24.5. The van der Waals surface area contributed by atoms with E-state index in [4.69, 9.17) is 9.47 Å². The lowest BCUT2D eigenvalue weighted by molar-refractivity contribution is -0.143. The van der Waals surface area contributed by atoms with Gasteiger partial charge in [-0.05, 0) is 48.6 Å². The van der Waals surface area contributed by atoms with Crippen molar-refractivity contribution in [2.75, 3.05) is 25.5 Å². The number of amides is 3. The van der Waals surface area contributed by atoms with E-state index in [2.05, 4.69) is 17.4 Å². The van der Waals surface area contributed by atoms with Gasteiger partial charge in [0.1, 0.15) is 18.5 Å². The molecule has 0 spiro atoms. The molecule has 1 fully saturated rings. The maximum absolute atomic E-state index is 13.3. The Morgan fingerprint density at radius 3 is 2.71 bits per heavy atom. The fraction of sp³-hybridized carbons (Fsp3) is 0.444. The van der Waals surface area contributed by atoms with Gasteiger partial charge in [-0.25, -0.2) is 0 Å². The van der Waals surface area contributed by atoms with Crippen molar-refractivity contribution >= 4 is 23.4 Å². The van der Waals surface area contributed by atoms with E-state index in [0.717, 1.165) is 19.4 Å². The van der Waals surface area contributed by atoms with Crippen LogP contribution in [0.5, 0.6) is 5.75 Å². The van der Waals surface area contributed by atoms with Gasteiger partial charge in [0.05, 0.1) is 24.1 Å². The summed E-state index contributed by atoms with van der Waals surface area (Å²) >= 11 is 0. The number of benzene rings is 2. The van der Waals surface area contributed by atoms with Crippen LogP contribution in [-0.4, -0.2) is 66.0 Å². The highest BCUT2D eigenvalue weighted by atomic mass is 16.5. The normalized spacial score (nSPS) is 23.7. The van der Waals surface area contributed by atoms with Crippen LogP contribution in [0.1, 0.15) is 47.7 Å². The third-order valence-electron chi connectivity index (χ3n) is 7.22. The van der Waals surface area contributed by atoms with Crippen molar-refractivity contribution in [1.29, 1.82) is 0 Å². The van der Waals surface area contributed by atoms with E-state index in [-0.39, 0.29) is 42.6 Å². The molecule has 3 aliphatic rings. The molecule has 8 nitrogen and oxygen atoms in total. The number of rotatable bonds is 3.